The van der Waals surface area contributed by atoms with E-state index in [-0.39, 0.29) is 4.90 Å². The molecule has 0 fully saturated rings. The van der Waals surface area contributed by atoms with Crippen LogP contribution >= 0.6 is 0 Å². The Morgan fingerprint density at radius 3 is 2.31 bits per heavy atom. The molecule has 5 nitrogen and oxygen atoms in total. The summed E-state index contributed by atoms with van der Waals surface area (Å²) < 4.78 is 23.2. The van der Waals surface area contributed by atoms with Crippen molar-refractivity contribution in [1.82, 2.24) is 9.97 Å². The van der Waals surface area contributed by atoms with E-state index < -0.39 is 10.0 Å². The lowest BCUT2D eigenvalue weighted by atomic mass is 10.1. The number of sulfonamides is 1. The van der Waals surface area contributed by atoms with Crippen molar-refractivity contribution in [3.05, 3.63) is 30.6 Å². The van der Waals surface area contributed by atoms with Crippen LogP contribution in [0.1, 0.15) is 0 Å². The van der Waals surface area contributed by atoms with Crippen LogP contribution in [0.15, 0.2) is 35.5 Å². The average Bonchev–Trinajstić information content (AvgIpc) is 2.40. The van der Waals surface area contributed by atoms with E-state index in [0.29, 0.717) is 22.5 Å². The lowest BCUT2D eigenvalue weighted by Gasteiger charge is -2.06. The molecule has 6 heteroatoms. The molecule has 0 unspecified atom stereocenters. The Labute approximate surface area is 92.0 Å². The molecule has 2 N–H and O–H groups in total. The maximum Gasteiger partial charge on any atom is 0.239 e. The lowest BCUT2D eigenvalue weighted by Crippen LogP contribution is -2.14. The van der Waals surface area contributed by atoms with Crippen LogP contribution < -0.4 is 5.14 Å². The highest BCUT2D eigenvalue weighted by Crippen LogP contribution is 2.36. The SMILES string of the molecule is NS(=O)(=O)c1c2cccc1-c1ncc-2cn1. The van der Waals surface area contributed by atoms with Crippen molar-refractivity contribution in [3.63, 3.8) is 0 Å². The molecule has 1 aromatic carbocycles. The van der Waals surface area contributed by atoms with Gasteiger partial charge in [0.15, 0.2) is 5.82 Å². The van der Waals surface area contributed by atoms with E-state index >= 15 is 0 Å². The molecular formula is C10H7N3O2S. The van der Waals surface area contributed by atoms with Gasteiger partial charge in [-0.3, -0.25) is 0 Å². The second-order valence-corrected chi connectivity index (χ2v) is 5.02. The normalized spacial score (nSPS) is 12.6. The number of nitrogens with zero attached hydrogens (tertiary/aromatic N) is 2. The van der Waals surface area contributed by atoms with Crippen LogP contribution in [0, 0.1) is 0 Å². The Morgan fingerprint density at radius 1 is 1.06 bits per heavy atom. The lowest BCUT2D eigenvalue weighted by molar-refractivity contribution is 0.598. The topological polar surface area (TPSA) is 85.9 Å². The minimum absolute atomic E-state index is 0.106. The Balaban J connectivity index is 2.56. The van der Waals surface area contributed by atoms with Crippen molar-refractivity contribution in [2.45, 2.75) is 4.90 Å². The first-order chi connectivity index (χ1) is 7.57. The van der Waals surface area contributed by atoms with Crippen molar-refractivity contribution < 1.29 is 8.42 Å². The highest BCUT2D eigenvalue weighted by Gasteiger charge is 2.25. The Morgan fingerprint density at radius 2 is 1.69 bits per heavy atom. The first-order valence-electron chi connectivity index (χ1n) is 4.56. The first kappa shape index (κ1) is 9.44. The third-order valence-corrected chi connectivity index (χ3v) is 3.51. The van der Waals surface area contributed by atoms with Gasteiger partial charge in [0.05, 0.1) is 0 Å². The van der Waals surface area contributed by atoms with Gasteiger partial charge in [0.1, 0.15) is 4.90 Å². The molecule has 0 saturated heterocycles. The average molecular weight is 233 g/mol. The highest BCUT2D eigenvalue weighted by molar-refractivity contribution is 7.89. The predicted molar refractivity (Wildman–Crippen MR) is 57.8 cm³/mol. The summed E-state index contributed by atoms with van der Waals surface area (Å²) in [6.45, 7) is 0. The van der Waals surface area contributed by atoms with Crippen LogP contribution in [0.25, 0.3) is 22.5 Å². The van der Waals surface area contributed by atoms with Gasteiger partial charge < -0.3 is 0 Å². The fourth-order valence-electron chi connectivity index (χ4n) is 1.85. The molecule has 2 aromatic rings. The smallest absolute Gasteiger partial charge is 0.236 e. The van der Waals surface area contributed by atoms with Crippen LogP contribution in [0.4, 0.5) is 0 Å². The van der Waals surface area contributed by atoms with Gasteiger partial charge in [-0.05, 0) is 6.07 Å². The number of hydrogen-bond acceptors (Lipinski definition) is 4. The summed E-state index contributed by atoms with van der Waals surface area (Å²) in [4.78, 5) is 8.28. The minimum Gasteiger partial charge on any atom is -0.236 e. The van der Waals surface area contributed by atoms with Gasteiger partial charge in [0, 0.05) is 29.1 Å². The molecule has 80 valence electrons. The molecule has 16 heavy (non-hydrogen) atoms. The molecule has 2 aliphatic rings. The highest BCUT2D eigenvalue weighted by atomic mass is 32.2. The van der Waals surface area contributed by atoms with E-state index in [4.69, 9.17) is 5.14 Å². The fraction of sp³-hybridized carbons (Fsp3) is 0. The van der Waals surface area contributed by atoms with Crippen molar-refractivity contribution in [3.8, 4) is 22.5 Å². The summed E-state index contributed by atoms with van der Waals surface area (Å²) in [5.74, 6) is 0.382. The Hall–Kier alpha value is -1.79. The molecule has 0 aliphatic carbocycles. The number of hydrogen-bond donors (Lipinski definition) is 1. The second kappa shape index (κ2) is 2.87. The standard InChI is InChI=1S/C10H7N3O2S/c11-16(14,15)9-7-2-1-3-8(9)10-12-4-6(7)5-13-10/h1-5H,(H2,11,14,15). The molecule has 0 amide bonds. The molecule has 0 radical (unpaired) electrons. The van der Waals surface area contributed by atoms with Gasteiger partial charge >= 0.3 is 0 Å². The third-order valence-electron chi connectivity index (χ3n) is 2.50. The summed E-state index contributed by atoms with van der Waals surface area (Å²) in [6, 6.07) is 5.12. The first-order valence-corrected chi connectivity index (χ1v) is 6.10. The summed E-state index contributed by atoms with van der Waals surface area (Å²) >= 11 is 0. The van der Waals surface area contributed by atoms with Crippen molar-refractivity contribution >= 4 is 10.0 Å². The largest absolute Gasteiger partial charge is 0.239 e. The van der Waals surface area contributed by atoms with E-state index in [9.17, 15) is 8.42 Å². The number of aromatic nitrogens is 2. The summed E-state index contributed by atoms with van der Waals surface area (Å²) in [5, 5.41) is 5.22. The fourth-order valence-corrected chi connectivity index (χ4v) is 2.81. The van der Waals surface area contributed by atoms with Gasteiger partial charge in [0.25, 0.3) is 0 Å². The zero-order valence-electron chi connectivity index (χ0n) is 8.08. The Bertz CT molecular complexity index is 636. The molecule has 0 atom stereocenters. The van der Waals surface area contributed by atoms with Gasteiger partial charge in [-0.1, -0.05) is 12.1 Å². The molecule has 0 spiro atoms. The summed E-state index contributed by atoms with van der Waals surface area (Å²) in [7, 11) is -3.78. The van der Waals surface area contributed by atoms with Crippen LogP contribution in [-0.2, 0) is 10.0 Å². The van der Waals surface area contributed by atoms with E-state index in [1.54, 1.807) is 30.6 Å². The summed E-state index contributed by atoms with van der Waals surface area (Å²) in [5.41, 5.74) is 1.67. The van der Waals surface area contributed by atoms with Gasteiger partial charge in [-0.15, -0.1) is 0 Å². The maximum absolute atomic E-state index is 11.6. The number of nitrogens with two attached hydrogens (primary N) is 1. The number of benzene rings is 1. The molecule has 2 aliphatic heterocycles. The predicted octanol–water partition coefficient (Wildman–Crippen LogP) is 0.771. The quantitative estimate of drug-likeness (QED) is 0.672. The Kier molecular flexibility index (Phi) is 1.69. The van der Waals surface area contributed by atoms with E-state index in [2.05, 4.69) is 9.97 Å². The van der Waals surface area contributed by atoms with Crippen LogP contribution in [-0.4, -0.2) is 18.4 Å². The van der Waals surface area contributed by atoms with E-state index in [1.165, 1.54) is 0 Å². The van der Waals surface area contributed by atoms with E-state index in [1.807, 2.05) is 0 Å². The molecule has 1 aromatic heterocycles. The number of primary sulfonamides is 1. The van der Waals surface area contributed by atoms with Crippen molar-refractivity contribution in [2.75, 3.05) is 0 Å². The van der Waals surface area contributed by atoms with Crippen LogP contribution in [0.2, 0.25) is 0 Å². The summed E-state index contributed by atoms with van der Waals surface area (Å²) in [6.07, 6.45) is 3.19. The van der Waals surface area contributed by atoms with Gasteiger partial charge in [-0.25, -0.2) is 23.5 Å². The number of fused-ring (bicyclic) bond motifs is 2. The van der Waals surface area contributed by atoms with Crippen LogP contribution in [0.5, 0.6) is 0 Å². The minimum atomic E-state index is -3.78. The third kappa shape index (κ3) is 1.17. The molecule has 4 bridgehead atoms. The van der Waals surface area contributed by atoms with Crippen molar-refractivity contribution in [2.24, 2.45) is 5.14 Å². The van der Waals surface area contributed by atoms with Gasteiger partial charge in [0.2, 0.25) is 10.0 Å². The zero-order chi connectivity index (χ0) is 11.3. The monoisotopic (exact) mass is 233 g/mol. The second-order valence-electron chi connectivity index (χ2n) is 3.52. The molecule has 3 heterocycles. The molecular weight excluding hydrogens is 226 g/mol. The van der Waals surface area contributed by atoms with Crippen LogP contribution in [0.3, 0.4) is 0 Å². The molecule has 0 saturated carbocycles. The zero-order valence-corrected chi connectivity index (χ0v) is 8.90. The maximum atomic E-state index is 11.6. The number of rotatable bonds is 1. The van der Waals surface area contributed by atoms with E-state index in [0.717, 1.165) is 0 Å². The van der Waals surface area contributed by atoms with Crippen molar-refractivity contribution in [1.29, 1.82) is 0 Å². The molecule has 4 rings (SSSR count). The van der Waals surface area contributed by atoms with Gasteiger partial charge in [-0.2, -0.15) is 0 Å².